The number of hydrazine groups is 1. The van der Waals surface area contributed by atoms with Crippen molar-refractivity contribution in [2.45, 2.75) is 96.8 Å². The van der Waals surface area contributed by atoms with Gasteiger partial charge in [0.25, 0.3) is 11.8 Å². The van der Waals surface area contributed by atoms with E-state index in [1.54, 1.807) is 30.3 Å². The lowest BCUT2D eigenvalue weighted by molar-refractivity contribution is 0.0847. The number of amides is 2. The molecule has 3 rings (SSSR count). The van der Waals surface area contributed by atoms with E-state index in [1.807, 2.05) is 36.4 Å². The van der Waals surface area contributed by atoms with Crippen molar-refractivity contribution in [1.82, 2.24) is 10.9 Å². The minimum Gasteiger partial charge on any atom is -0.494 e. The molecule has 2 amide bonds. The van der Waals surface area contributed by atoms with Crippen LogP contribution in [0.15, 0.2) is 66.7 Å². The molecule has 0 aliphatic carbocycles. The third-order valence-corrected chi connectivity index (χ3v) is 7.21. The van der Waals surface area contributed by atoms with E-state index >= 15 is 0 Å². The predicted octanol–water partition coefficient (Wildman–Crippen LogP) is 8.77. The van der Waals surface area contributed by atoms with Crippen LogP contribution >= 0.6 is 0 Å². The van der Waals surface area contributed by atoms with E-state index in [9.17, 15) is 9.59 Å². The first-order chi connectivity index (χ1) is 19.2. The zero-order chi connectivity index (χ0) is 27.5. The first-order valence-corrected chi connectivity index (χ1v) is 15.0. The molecule has 0 unspecified atom stereocenters. The van der Waals surface area contributed by atoms with E-state index < -0.39 is 0 Å². The number of fused-ring (bicyclic) bond motifs is 1. The standard InChI is InChI=1S/C34H46N2O3/c1-2-3-4-5-6-7-8-9-10-11-12-13-14-17-27-39-30-25-23-29(24-26-30)33(37)35-36-34(38)32-22-18-20-28-19-15-16-21-31(28)32/h15-16,18-26H,2-14,17,27H2,1H3,(H,35,37)(H,36,38). The van der Waals surface area contributed by atoms with E-state index in [2.05, 4.69) is 17.8 Å². The first-order valence-electron chi connectivity index (χ1n) is 15.0. The highest BCUT2D eigenvalue weighted by molar-refractivity contribution is 6.08. The van der Waals surface area contributed by atoms with E-state index in [-0.39, 0.29) is 11.8 Å². The number of hydrogen-bond donors (Lipinski definition) is 2. The van der Waals surface area contributed by atoms with Crippen LogP contribution in [0, 0.1) is 0 Å². The maximum Gasteiger partial charge on any atom is 0.270 e. The van der Waals surface area contributed by atoms with Gasteiger partial charge in [0.15, 0.2) is 0 Å². The van der Waals surface area contributed by atoms with Crippen molar-refractivity contribution in [1.29, 1.82) is 0 Å². The van der Waals surface area contributed by atoms with Crippen LogP contribution in [0.2, 0.25) is 0 Å². The number of carbonyl (C=O) groups is 2. The van der Waals surface area contributed by atoms with Crippen LogP contribution in [0.3, 0.4) is 0 Å². The molecular weight excluding hydrogens is 484 g/mol. The Hall–Kier alpha value is -3.34. The summed E-state index contributed by atoms with van der Waals surface area (Å²) >= 11 is 0. The largest absolute Gasteiger partial charge is 0.494 e. The monoisotopic (exact) mass is 530 g/mol. The summed E-state index contributed by atoms with van der Waals surface area (Å²) in [5.74, 6) is 0.0245. The van der Waals surface area contributed by atoms with E-state index in [0.717, 1.165) is 22.9 Å². The van der Waals surface area contributed by atoms with Gasteiger partial charge < -0.3 is 4.74 Å². The molecule has 2 N–H and O–H groups in total. The number of unbranched alkanes of at least 4 members (excludes halogenated alkanes) is 13. The van der Waals surface area contributed by atoms with Crippen LogP contribution in [-0.2, 0) is 0 Å². The number of rotatable bonds is 18. The van der Waals surface area contributed by atoms with Gasteiger partial charge in [0.1, 0.15) is 5.75 Å². The van der Waals surface area contributed by atoms with Crippen molar-refractivity contribution in [3.05, 3.63) is 77.9 Å². The Morgan fingerprint density at radius 3 is 1.77 bits per heavy atom. The van der Waals surface area contributed by atoms with Gasteiger partial charge in [-0.1, -0.05) is 127 Å². The summed E-state index contributed by atoms with van der Waals surface area (Å²) in [5, 5.41) is 1.81. The summed E-state index contributed by atoms with van der Waals surface area (Å²) in [5.41, 5.74) is 5.99. The molecule has 5 heteroatoms. The lowest BCUT2D eigenvalue weighted by atomic mass is 10.0. The van der Waals surface area contributed by atoms with Crippen LogP contribution in [0.5, 0.6) is 5.75 Å². The topological polar surface area (TPSA) is 67.4 Å². The van der Waals surface area contributed by atoms with Gasteiger partial charge >= 0.3 is 0 Å². The van der Waals surface area contributed by atoms with Gasteiger partial charge in [-0.15, -0.1) is 0 Å². The highest BCUT2D eigenvalue weighted by atomic mass is 16.5. The quantitative estimate of drug-likeness (QED) is 0.128. The number of ether oxygens (including phenoxy) is 1. The van der Waals surface area contributed by atoms with E-state index in [1.165, 1.54) is 83.5 Å². The Labute approximate surface area is 234 Å². The minimum absolute atomic E-state index is 0.353. The fraction of sp³-hybridized carbons (Fsp3) is 0.471. The second kappa shape index (κ2) is 18.0. The average Bonchev–Trinajstić information content (AvgIpc) is 2.97. The van der Waals surface area contributed by atoms with Gasteiger partial charge in [-0.3, -0.25) is 20.4 Å². The highest BCUT2D eigenvalue weighted by Crippen LogP contribution is 2.18. The molecule has 0 radical (unpaired) electrons. The van der Waals surface area contributed by atoms with Gasteiger partial charge in [0.2, 0.25) is 0 Å². The highest BCUT2D eigenvalue weighted by Gasteiger charge is 2.12. The van der Waals surface area contributed by atoms with Gasteiger partial charge in [0.05, 0.1) is 6.61 Å². The van der Waals surface area contributed by atoms with Crippen molar-refractivity contribution in [2.75, 3.05) is 6.61 Å². The molecule has 210 valence electrons. The molecule has 3 aromatic rings. The normalized spacial score (nSPS) is 10.9. The van der Waals surface area contributed by atoms with Crippen molar-refractivity contribution in [3.63, 3.8) is 0 Å². The molecular formula is C34H46N2O3. The molecule has 39 heavy (non-hydrogen) atoms. The summed E-state index contributed by atoms with van der Waals surface area (Å²) in [7, 11) is 0. The Kier molecular flexibility index (Phi) is 14.0. The molecule has 0 saturated carbocycles. The van der Waals surface area contributed by atoms with Crippen LogP contribution in [0.4, 0.5) is 0 Å². The summed E-state index contributed by atoms with van der Waals surface area (Å²) < 4.78 is 5.84. The van der Waals surface area contributed by atoms with Crippen LogP contribution in [0.25, 0.3) is 10.8 Å². The van der Waals surface area contributed by atoms with E-state index in [4.69, 9.17) is 4.74 Å². The lowest BCUT2D eigenvalue weighted by Gasteiger charge is -2.10. The number of carbonyl (C=O) groups excluding carboxylic acids is 2. The predicted molar refractivity (Wildman–Crippen MR) is 161 cm³/mol. The fourth-order valence-corrected chi connectivity index (χ4v) is 4.87. The van der Waals surface area contributed by atoms with Crippen LogP contribution < -0.4 is 15.6 Å². The summed E-state index contributed by atoms with van der Waals surface area (Å²) in [6, 6.07) is 20.2. The van der Waals surface area contributed by atoms with Gasteiger partial charge in [-0.2, -0.15) is 0 Å². The maximum absolute atomic E-state index is 12.6. The van der Waals surface area contributed by atoms with Gasteiger partial charge in [-0.25, -0.2) is 0 Å². The average molecular weight is 531 g/mol. The van der Waals surface area contributed by atoms with Gasteiger partial charge in [-0.05, 0) is 47.5 Å². The zero-order valence-corrected chi connectivity index (χ0v) is 23.7. The number of hydrogen-bond acceptors (Lipinski definition) is 3. The van der Waals surface area contributed by atoms with Gasteiger partial charge in [0, 0.05) is 11.1 Å². The smallest absolute Gasteiger partial charge is 0.270 e. The molecule has 0 aromatic heterocycles. The molecule has 0 fully saturated rings. The Bertz CT molecular complexity index is 1120. The van der Waals surface area contributed by atoms with Crippen molar-refractivity contribution >= 4 is 22.6 Å². The molecule has 0 spiro atoms. The zero-order valence-electron chi connectivity index (χ0n) is 23.7. The molecule has 5 nitrogen and oxygen atoms in total. The maximum atomic E-state index is 12.6. The molecule has 0 aliphatic rings. The molecule has 3 aromatic carbocycles. The summed E-state index contributed by atoms with van der Waals surface area (Å²) in [6.45, 7) is 2.96. The van der Waals surface area contributed by atoms with Crippen molar-refractivity contribution in [3.8, 4) is 5.75 Å². The second-order valence-electron chi connectivity index (χ2n) is 10.4. The molecule has 0 aliphatic heterocycles. The van der Waals surface area contributed by atoms with Crippen molar-refractivity contribution in [2.24, 2.45) is 0 Å². The molecule has 0 heterocycles. The van der Waals surface area contributed by atoms with Crippen LogP contribution in [0.1, 0.15) is 118 Å². The third kappa shape index (κ3) is 11.1. The number of nitrogens with one attached hydrogen (secondary N) is 2. The Morgan fingerprint density at radius 2 is 1.13 bits per heavy atom. The summed E-state index contributed by atoms with van der Waals surface area (Å²) in [4.78, 5) is 25.1. The van der Waals surface area contributed by atoms with Crippen molar-refractivity contribution < 1.29 is 14.3 Å². The van der Waals surface area contributed by atoms with E-state index in [0.29, 0.717) is 17.7 Å². The second-order valence-corrected chi connectivity index (χ2v) is 10.4. The summed E-state index contributed by atoms with van der Waals surface area (Å²) in [6.07, 6.45) is 18.7. The SMILES string of the molecule is CCCCCCCCCCCCCCCCOc1ccc(C(=O)NNC(=O)c2cccc3ccccc23)cc1. The molecule has 0 bridgehead atoms. The minimum atomic E-state index is -0.373. The Morgan fingerprint density at radius 1 is 0.590 bits per heavy atom. The fourth-order valence-electron chi connectivity index (χ4n) is 4.87. The third-order valence-electron chi connectivity index (χ3n) is 7.21. The lowest BCUT2D eigenvalue weighted by Crippen LogP contribution is -2.41. The first kappa shape index (κ1) is 30.2. The molecule has 0 atom stereocenters. The number of benzene rings is 3. The van der Waals surface area contributed by atoms with Crippen LogP contribution in [-0.4, -0.2) is 18.4 Å². The molecule has 0 saturated heterocycles. The Balaban J connectivity index is 1.23.